The lowest BCUT2D eigenvalue weighted by Crippen LogP contribution is -2.30. The molecule has 0 aliphatic rings. The summed E-state index contributed by atoms with van der Waals surface area (Å²) in [5.41, 5.74) is 0. The zero-order chi connectivity index (χ0) is 58.5. The Kier molecular flexibility index (Phi) is 67.1. The van der Waals surface area contributed by atoms with E-state index in [0.29, 0.717) is 19.3 Å². The second-order valence-corrected chi connectivity index (χ2v) is 24.1. The van der Waals surface area contributed by atoms with Crippen LogP contribution in [0.5, 0.6) is 0 Å². The Morgan fingerprint density at radius 3 is 0.753 bits per heavy atom. The van der Waals surface area contributed by atoms with E-state index in [-0.39, 0.29) is 31.1 Å². The molecule has 0 radical (unpaired) electrons. The lowest BCUT2D eigenvalue weighted by molar-refractivity contribution is -0.167. The van der Waals surface area contributed by atoms with Gasteiger partial charge in [-0.05, 0) is 64.2 Å². The minimum absolute atomic E-state index is 0.0683. The highest BCUT2D eigenvalue weighted by Crippen LogP contribution is 2.19. The van der Waals surface area contributed by atoms with E-state index >= 15 is 0 Å². The first-order valence-corrected chi connectivity index (χ1v) is 35.8. The maximum Gasteiger partial charge on any atom is 0.306 e. The summed E-state index contributed by atoms with van der Waals surface area (Å²) in [5, 5.41) is 0. The van der Waals surface area contributed by atoms with Crippen molar-refractivity contribution in [3.63, 3.8) is 0 Å². The summed E-state index contributed by atoms with van der Waals surface area (Å²) in [5.74, 6) is -0.847. The molecule has 0 heterocycles. The monoisotopic (exact) mass is 1130 g/mol. The van der Waals surface area contributed by atoms with Crippen molar-refractivity contribution in [1.82, 2.24) is 0 Å². The molecule has 0 aliphatic carbocycles. The van der Waals surface area contributed by atoms with E-state index in [0.717, 1.165) is 89.9 Å². The number of ether oxygens (including phenoxy) is 3. The number of rotatable bonds is 66. The number of esters is 3. The van der Waals surface area contributed by atoms with E-state index in [2.05, 4.69) is 81.5 Å². The zero-order valence-corrected chi connectivity index (χ0v) is 54.3. The van der Waals surface area contributed by atoms with Crippen LogP contribution in [0.1, 0.15) is 380 Å². The Hall–Kier alpha value is -2.89. The Morgan fingerprint density at radius 2 is 0.481 bits per heavy atom. The van der Waals surface area contributed by atoms with Gasteiger partial charge in [0, 0.05) is 19.3 Å². The molecule has 81 heavy (non-hydrogen) atoms. The zero-order valence-electron chi connectivity index (χ0n) is 54.3. The Balaban J connectivity index is 4.11. The molecule has 0 aromatic heterocycles. The normalized spacial score (nSPS) is 12.4. The summed E-state index contributed by atoms with van der Waals surface area (Å²) in [4.78, 5) is 38.3. The van der Waals surface area contributed by atoms with Crippen molar-refractivity contribution in [3.8, 4) is 0 Å². The van der Waals surface area contributed by atoms with Crippen molar-refractivity contribution >= 4 is 17.9 Å². The Bertz CT molecular complexity index is 1440. The van der Waals surface area contributed by atoms with Crippen molar-refractivity contribution in [2.45, 2.75) is 386 Å². The summed E-state index contributed by atoms with van der Waals surface area (Å²) < 4.78 is 16.9. The standard InChI is InChI=1S/C75H136O6/c1-4-7-10-13-16-19-21-23-25-27-29-31-33-35-36-37-38-40-41-43-45-47-49-51-53-56-59-62-65-68-74(77)80-71-72(70-79-73(76)67-64-61-58-55-18-15-12-9-6-3)81-75(78)69-66-63-60-57-54-52-50-48-46-44-42-39-34-32-30-28-26-24-22-20-17-14-11-8-5-2/h7,10,16,19,23,25,29,31,35-36,72H,4-6,8-9,11-15,17-18,20-22,24,26-28,30,32-34,37-71H2,1-3H3/b10-7-,19-16-,25-23-,31-29-,36-35-. The van der Waals surface area contributed by atoms with Gasteiger partial charge in [0.1, 0.15) is 13.2 Å². The molecule has 0 fully saturated rings. The topological polar surface area (TPSA) is 78.9 Å². The number of allylic oxidation sites excluding steroid dienone is 10. The summed E-state index contributed by atoms with van der Waals surface area (Å²) >= 11 is 0. The summed E-state index contributed by atoms with van der Waals surface area (Å²) in [6.07, 6.45) is 89.8. The second kappa shape index (κ2) is 69.6. The van der Waals surface area contributed by atoms with E-state index in [1.165, 1.54) is 250 Å². The number of hydrogen-bond donors (Lipinski definition) is 0. The van der Waals surface area contributed by atoms with Crippen molar-refractivity contribution in [2.75, 3.05) is 13.2 Å². The lowest BCUT2D eigenvalue weighted by Gasteiger charge is -2.18. The number of unbranched alkanes of at least 4 members (excludes halogenated alkanes) is 45. The first-order chi connectivity index (χ1) is 40.0. The molecule has 0 aromatic rings. The van der Waals surface area contributed by atoms with Crippen LogP contribution in [0.2, 0.25) is 0 Å². The predicted molar refractivity (Wildman–Crippen MR) is 353 cm³/mol. The van der Waals surface area contributed by atoms with Gasteiger partial charge in [-0.1, -0.05) is 358 Å². The molecule has 6 heteroatoms. The third-order valence-electron chi connectivity index (χ3n) is 16.0. The molecule has 0 amide bonds. The molecule has 0 spiro atoms. The SMILES string of the molecule is CC/C=C\C/C=C\C/C=C\C/C=C\C/C=C\CCCCCCCCCCCCCCCC(=O)OCC(COC(=O)CCCCCCCCCCC)OC(=O)CCCCCCCCCCCCCCCCCCCCCCCCCCC. The largest absolute Gasteiger partial charge is 0.462 e. The first-order valence-electron chi connectivity index (χ1n) is 35.8. The van der Waals surface area contributed by atoms with Crippen molar-refractivity contribution in [2.24, 2.45) is 0 Å². The molecule has 472 valence electrons. The van der Waals surface area contributed by atoms with Gasteiger partial charge >= 0.3 is 17.9 Å². The summed E-state index contributed by atoms with van der Waals surface area (Å²) in [7, 11) is 0. The Labute approximate surface area is 504 Å². The molecule has 1 unspecified atom stereocenters. The molecular formula is C75H136O6. The van der Waals surface area contributed by atoms with Crippen LogP contribution in [0.3, 0.4) is 0 Å². The van der Waals surface area contributed by atoms with Gasteiger partial charge in [0.15, 0.2) is 6.10 Å². The lowest BCUT2D eigenvalue weighted by atomic mass is 10.0. The molecule has 1 atom stereocenters. The number of carbonyl (C=O) groups is 3. The molecule has 0 bridgehead atoms. The van der Waals surface area contributed by atoms with Gasteiger partial charge < -0.3 is 14.2 Å². The van der Waals surface area contributed by atoms with Gasteiger partial charge in [-0.25, -0.2) is 0 Å². The van der Waals surface area contributed by atoms with Crippen LogP contribution < -0.4 is 0 Å². The van der Waals surface area contributed by atoms with E-state index in [4.69, 9.17) is 14.2 Å². The number of hydrogen-bond acceptors (Lipinski definition) is 6. The molecule has 0 aliphatic heterocycles. The van der Waals surface area contributed by atoms with Gasteiger partial charge in [-0.3, -0.25) is 14.4 Å². The molecule has 0 rings (SSSR count). The fourth-order valence-corrected chi connectivity index (χ4v) is 10.7. The number of carbonyl (C=O) groups excluding carboxylic acids is 3. The van der Waals surface area contributed by atoms with Crippen molar-refractivity contribution in [3.05, 3.63) is 60.8 Å². The molecule has 0 saturated carbocycles. The summed E-state index contributed by atoms with van der Waals surface area (Å²) in [6, 6.07) is 0. The second-order valence-electron chi connectivity index (χ2n) is 24.1. The van der Waals surface area contributed by atoms with Crippen LogP contribution in [0.15, 0.2) is 60.8 Å². The minimum Gasteiger partial charge on any atom is -0.462 e. The van der Waals surface area contributed by atoms with Crippen molar-refractivity contribution in [1.29, 1.82) is 0 Å². The van der Waals surface area contributed by atoms with Crippen LogP contribution in [0.4, 0.5) is 0 Å². The van der Waals surface area contributed by atoms with E-state index < -0.39 is 6.10 Å². The highest BCUT2D eigenvalue weighted by molar-refractivity contribution is 5.71. The van der Waals surface area contributed by atoms with Gasteiger partial charge in [0.05, 0.1) is 0 Å². The maximum absolute atomic E-state index is 12.9. The first kappa shape index (κ1) is 78.1. The smallest absolute Gasteiger partial charge is 0.306 e. The predicted octanol–water partition coefficient (Wildman–Crippen LogP) is 24.7. The average molecular weight is 1130 g/mol. The van der Waals surface area contributed by atoms with Crippen LogP contribution in [-0.2, 0) is 28.6 Å². The van der Waals surface area contributed by atoms with E-state index in [9.17, 15) is 14.4 Å². The van der Waals surface area contributed by atoms with Crippen LogP contribution in [-0.4, -0.2) is 37.2 Å². The van der Waals surface area contributed by atoms with E-state index in [1.54, 1.807) is 0 Å². The maximum atomic E-state index is 12.9. The van der Waals surface area contributed by atoms with Gasteiger partial charge in [0.2, 0.25) is 0 Å². The van der Waals surface area contributed by atoms with Crippen LogP contribution in [0.25, 0.3) is 0 Å². The molecule has 0 N–H and O–H groups in total. The Morgan fingerprint density at radius 1 is 0.259 bits per heavy atom. The fourth-order valence-electron chi connectivity index (χ4n) is 10.7. The van der Waals surface area contributed by atoms with Gasteiger partial charge in [-0.15, -0.1) is 0 Å². The average Bonchev–Trinajstić information content (AvgIpc) is 3.47. The van der Waals surface area contributed by atoms with Gasteiger partial charge in [0.25, 0.3) is 0 Å². The summed E-state index contributed by atoms with van der Waals surface area (Å²) in [6.45, 7) is 6.57. The quantitative estimate of drug-likeness (QED) is 0.0261. The molecular weight excluding hydrogens is 997 g/mol. The van der Waals surface area contributed by atoms with E-state index in [1.807, 2.05) is 0 Å². The molecule has 6 nitrogen and oxygen atoms in total. The minimum atomic E-state index is -0.770. The third-order valence-corrected chi connectivity index (χ3v) is 16.0. The fraction of sp³-hybridized carbons (Fsp3) is 0.827. The van der Waals surface area contributed by atoms with Gasteiger partial charge in [-0.2, -0.15) is 0 Å². The highest BCUT2D eigenvalue weighted by atomic mass is 16.6. The van der Waals surface area contributed by atoms with Crippen molar-refractivity contribution < 1.29 is 28.6 Å². The molecule has 0 aromatic carbocycles. The van der Waals surface area contributed by atoms with Crippen LogP contribution in [0, 0.1) is 0 Å². The van der Waals surface area contributed by atoms with Crippen LogP contribution >= 0.6 is 0 Å². The molecule has 0 saturated heterocycles. The third kappa shape index (κ3) is 67.8. The highest BCUT2D eigenvalue weighted by Gasteiger charge is 2.19.